The van der Waals surface area contributed by atoms with Gasteiger partial charge in [-0.05, 0) is 17.5 Å². The Morgan fingerprint density at radius 2 is 1.93 bits per heavy atom. The van der Waals surface area contributed by atoms with Gasteiger partial charge in [-0.25, -0.2) is 9.38 Å². The quantitative estimate of drug-likeness (QED) is 0.797. The van der Waals surface area contributed by atoms with Crippen LogP contribution in [0.5, 0.6) is 0 Å². The summed E-state index contributed by atoms with van der Waals surface area (Å²) in [5, 5.41) is 2.17. The zero-order valence-electron chi connectivity index (χ0n) is 15.6. The number of pyridine rings is 1. The fourth-order valence-electron chi connectivity index (χ4n) is 3.24. The Morgan fingerprint density at radius 1 is 1.26 bits per heavy atom. The number of hydrogen-bond donors (Lipinski definition) is 2. The lowest BCUT2D eigenvalue weighted by atomic mass is 9.86. The summed E-state index contributed by atoms with van der Waals surface area (Å²) >= 11 is 0. The van der Waals surface area contributed by atoms with Crippen molar-refractivity contribution in [3.8, 4) is 0 Å². The van der Waals surface area contributed by atoms with Crippen LogP contribution in [-0.2, 0) is 4.74 Å². The van der Waals surface area contributed by atoms with Crippen LogP contribution in [-0.4, -0.2) is 49.4 Å². The number of imidazole rings is 1. The van der Waals surface area contributed by atoms with Gasteiger partial charge < -0.3 is 10.1 Å². The third-order valence-electron chi connectivity index (χ3n) is 4.59. The van der Waals surface area contributed by atoms with E-state index in [-0.39, 0.29) is 5.69 Å². The molecular formula is C18H24F3N4O2+. The molecule has 0 aromatic carbocycles. The third kappa shape index (κ3) is 4.02. The highest BCUT2D eigenvalue weighted by Gasteiger charge is 2.48. The maximum absolute atomic E-state index is 13.4. The first-order chi connectivity index (χ1) is 12.6. The first kappa shape index (κ1) is 19.5. The SMILES string of the molecule is CC(C)(C)[C@H](NC(=O)c1[nH]c(N2CCOCC2)[n+]2ccccc12)C(F)(F)F. The Kier molecular flexibility index (Phi) is 5.07. The number of anilines is 1. The van der Waals surface area contributed by atoms with E-state index in [0.29, 0.717) is 37.8 Å². The number of carbonyl (C=O) groups excluding carboxylic acids is 1. The topological polar surface area (TPSA) is 61.5 Å². The predicted molar refractivity (Wildman–Crippen MR) is 93.7 cm³/mol. The van der Waals surface area contributed by atoms with Gasteiger partial charge in [0, 0.05) is 0 Å². The number of aromatic nitrogens is 2. The highest BCUT2D eigenvalue weighted by atomic mass is 19.4. The third-order valence-corrected chi connectivity index (χ3v) is 4.59. The van der Waals surface area contributed by atoms with Crippen molar-refractivity contribution in [2.24, 2.45) is 5.41 Å². The Morgan fingerprint density at radius 3 is 2.52 bits per heavy atom. The minimum absolute atomic E-state index is 0.107. The molecule has 0 saturated carbocycles. The summed E-state index contributed by atoms with van der Waals surface area (Å²) in [7, 11) is 0. The van der Waals surface area contributed by atoms with Crippen molar-refractivity contribution >= 4 is 17.4 Å². The number of nitrogens with zero attached hydrogens (tertiary/aromatic N) is 2. The van der Waals surface area contributed by atoms with Crippen LogP contribution in [0.2, 0.25) is 0 Å². The van der Waals surface area contributed by atoms with Gasteiger partial charge in [0.2, 0.25) is 5.69 Å². The number of rotatable bonds is 3. The first-order valence-electron chi connectivity index (χ1n) is 8.81. The molecule has 6 nitrogen and oxygen atoms in total. The smallest absolute Gasteiger partial charge is 0.375 e. The van der Waals surface area contributed by atoms with Crippen molar-refractivity contribution in [1.82, 2.24) is 10.3 Å². The molecule has 1 aliphatic rings. The molecule has 0 radical (unpaired) electrons. The average molecular weight is 385 g/mol. The van der Waals surface area contributed by atoms with Crippen LogP contribution >= 0.6 is 0 Å². The molecule has 148 valence electrons. The lowest BCUT2D eigenvalue weighted by molar-refractivity contribution is -0.497. The van der Waals surface area contributed by atoms with Crippen molar-refractivity contribution in [2.75, 3.05) is 31.2 Å². The molecule has 2 N–H and O–H groups in total. The molecule has 0 aliphatic carbocycles. The Bertz CT molecular complexity index is 806. The lowest BCUT2D eigenvalue weighted by Crippen LogP contribution is -2.53. The van der Waals surface area contributed by atoms with Crippen molar-refractivity contribution in [3.05, 3.63) is 30.1 Å². The summed E-state index contributed by atoms with van der Waals surface area (Å²) in [6.45, 7) is 6.72. The van der Waals surface area contributed by atoms with Crippen LogP contribution in [0.3, 0.4) is 0 Å². The van der Waals surface area contributed by atoms with Gasteiger partial charge in [-0.15, -0.1) is 0 Å². The van der Waals surface area contributed by atoms with E-state index < -0.39 is 23.5 Å². The Hall–Kier alpha value is -2.29. The van der Waals surface area contributed by atoms with Crippen LogP contribution in [0.15, 0.2) is 24.4 Å². The molecule has 1 aliphatic heterocycles. The number of nitrogens with one attached hydrogen (secondary N) is 2. The van der Waals surface area contributed by atoms with Crippen LogP contribution in [0.4, 0.5) is 19.1 Å². The van der Waals surface area contributed by atoms with E-state index in [2.05, 4.69) is 10.3 Å². The van der Waals surface area contributed by atoms with Gasteiger partial charge in [0.1, 0.15) is 6.04 Å². The molecule has 0 bridgehead atoms. The molecule has 27 heavy (non-hydrogen) atoms. The number of morpholine rings is 1. The van der Waals surface area contributed by atoms with Gasteiger partial charge in [0.05, 0.1) is 32.5 Å². The van der Waals surface area contributed by atoms with Crippen LogP contribution in [0.1, 0.15) is 31.3 Å². The summed E-state index contributed by atoms with van der Waals surface area (Å²) in [5.41, 5.74) is -0.543. The predicted octanol–water partition coefficient (Wildman–Crippen LogP) is 2.30. The monoisotopic (exact) mass is 385 g/mol. The summed E-state index contributed by atoms with van der Waals surface area (Å²) < 4.78 is 47.5. The second-order valence-electron chi connectivity index (χ2n) is 7.69. The van der Waals surface area contributed by atoms with E-state index in [0.717, 1.165) is 0 Å². The number of amides is 1. The highest BCUT2D eigenvalue weighted by Crippen LogP contribution is 2.33. The van der Waals surface area contributed by atoms with Crippen LogP contribution < -0.4 is 14.6 Å². The van der Waals surface area contributed by atoms with E-state index in [9.17, 15) is 18.0 Å². The lowest BCUT2D eigenvalue weighted by Gasteiger charge is -2.32. The maximum Gasteiger partial charge on any atom is 0.409 e. The maximum atomic E-state index is 13.4. The van der Waals surface area contributed by atoms with Gasteiger partial charge in [0.25, 0.3) is 5.91 Å². The van der Waals surface area contributed by atoms with Gasteiger partial charge >= 0.3 is 12.1 Å². The van der Waals surface area contributed by atoms with Crippen molar-refractivity contribution in [1.29, 1.82) is 0 Å². The molecule has 1 fully saturated rings. The molecule has 3 heterocycles. The summed E-state index contributed by atoms with van der Waals surface area (Å²) in [5.74, 6) is -0.131. The van der Waals surface area contributed by atoms with Crippen molar-refractivity contribution < 1.29 is 27.1 Å². The molecule has 2 aromatic heterocycles. The van der Waals surface area contributed by atoms with Gasteiger partial charge in [-0.2, -0.15) is 13.2 Å². The zero-order chi connectivity index (χ0) is 19.8. The minimum atomic E-state index is -4.55. The van der Waals surface area contributed by atoms with Crippen LogP contribution in [0.25, 0.3) is 5.52 Å². The highest BCUT2D eigenvalue weighted by molar-refractivity contribution is 5.98. The molecule has 0 unspecified atom stereocenters. The minimum Gasteiger partial charge on any atom is -0.375 e. The van der Waals surface area contributed by atoms with E-state index in [1.54, 1.807) is 28.8 Å². The second kappa shape index (κ2) is 7.03. The number of fused-ring (bicyclic) bond motifs is 1. The molecule has 2 aromatic rings. The number of carbonyl (C=O) groups is 1. The largest absolute Gasteiger partial charge is 0.409 e. The molecular weight excluding hydrogens is 361 g/mol. The van der Waals surface area contributed by atoms with E-state index in [1.165, 1.54) is 20.8 Å². The summed E-state index contributed by atoms with van der Waals surface area (Å²) in [6.07, 6.45) is -2.77. The summed E-state index contributed by atoms with van der Waals surface area (Å²) in [6, 6.07) is 3.29. The number of ether oxygens (including phenoxy) is 1. The van der Waals surface area contributed by atoms with Gasteiger partial charge in [-0.1, -0.05) is 26.8 Å². The molecule has 9 heteroatoms. The van der Waals surface area contributed by atoms with Crippen molar-refractivity contribution in [3.63, 3.8) is 0 Å². The summed E-state index contributed by atoms with van der Waals surface area (Å²) in [4.78, 5) is 17.8. The first-order valence-corrected chi connectivity index (χ1v) is 8.81. The number of halogens is 3. The number of hydrogen-bond acceptors (Lipinski definition) is 3. The van der Waals surface area contributed by atoms with E-state index >= 15 is 0 Å². The average Bonchev–Trinajstić information content (AvgIpc) is 2.98. The fraction of sp³-hybridized carbons (Fsp3) is 0.556. The number of H-pyrrole nitrogens is 1. The Labute approximate surface area is 155 Å². The zero-order valence-corrected chi connectivity index (χ0v) is 15.6. The molecule has 1 saturated heterocycles. The van der Waals surface area contributed by atoms with Gasteiger partial charge in [0.15, 0.2) is 5.52 Å². The molecule has 3 rings (SSSR count). The Balaban J connectivity index is 1.97. The standard InChI is InChI=1S/C18H23F3N4O2/c1-17(2,3)15(18(19,20)21)23-14(26)13-12-6-4-5-7-25(12)16(22-13)24-8-10-27-11-9-24/h4-7,15H,8-11H2,1-3H3,(H,23,26)/p+1/t15-/m0/s1. The fourth-order valence-corrected chi connectivity index (χ4v) is 3.24. The van der Waals surface area contributed by atoms with Gasteiger partial charge in [-0.3, -0.25) is 9.69 Å². The van der Waals surface area contributed by atoms with E-state index in [1.807, 2.05) is 4.90 Å². The van der Waals surface area contributed by atoms with E-state index in [4.69, 9.17) is 4.74 Å². The van der Waals surface area contributed by atoms with Crippen LogP contribution in [0, 0.1) is 5.41 Å². The molecule has 0 spiro atoms. The molecule has 1 atom stereocenters. The van der Waals surface area contributed by atoms with Crippen molar-refractivity contribution in [2.45, 2.75) is 33.0 Å². The second-order valence-corrected chi connectivity index (χ2v) is 7.69. The molecule has 1 amide bonds. The number of aromatic amines is 1. The normalized spacial score (nSPS) is 17.2. The number of alkyl halides is 3.